The molecule has 0 heterocycles. The molecule has 0 amide bonds. The Balaban J connectivity index is 2.77. The minimum absolute atomic E-state index is 0.144. The van der Waals surface area contributed by atoms with Crippen LogP contribution in [0.4, 0.5) is 13.2 Å². The number of benzene rings is 1. The fraction of sp³-hybridized carbons (Fsp3) is 0.455. The van der Waals surface area contributed by atoms with Crippen molar-refractivity contribution in [3.63, 3.8) is 0 Å². The molecule has 1 rings (SSSR count). The van der Waals surface area contributed by atoms with Crippen LogP contribution in [-0.2, 0) is 0 Å². The summed E-state index contributed by atoms with van der Waals surface area (Å²) >= 11 is 3.26. The standard InChI is InChI=1S/C11H13BrF3NO/c1-17-7-2-3-9(12)8(6-7)10(16)4-5-11(13,14)15/h2-3,6,10H,4-5,16H2,1H3. The van der Waals surface area contributed by atoms with Crippen LogP contribution in [0.5, 0.6) is 5.75 Å². The zero-order valence-corrected chi connectivity index (χ0v) is 10.8. The van der Waals surface area contributed by atoms with Gasteiger partial charge >= 0.3 is 6.18 Å². The van der Waals surface area contributed by atoms with E-state index >= 15 is 0 Å². The molecule has 17 heavy (non-hydrogen) atoms. The molecule has 0 bridgehead atoms. The summed E-state index contributed by atoms with van der Waals surface area (Å²) in [6.45, 7) is 0. The van der Waals surface area contributed by atoms with Crippen LogP contribution in [0.1, 0.15) is 24.4 Å². The highest BCUT2D eigenvalue weighted by atomic mass is 79.9. The van der Waals surface area contributed by atoms with Crippen molar-refractivity contribution in [1.29, 1.82) is 0 Å². The fourth-order valence-corrected chi connectivity index (χ4v) is 1.95. The molecule has 1 atom stereocenters. The van der Waals surface area contributed by atoms with Gasteiger partial charge in [-0.15, -0.1) is 0 Å². The SMILES string of the molecule is COc1ccc(Br)c(C(N)CCC(F)(F)F)c1. The Kier molecular flexibility index (Phi) is 4.82. The first-order valence-electron chi connectivity index (χ1n) is 4.99. The van der Waals surface area contributed by atoms with E-state index in [1.54, 1.807) is 18.2 Å². The number of rotatable bonds is 4. The molecule has 0 saturated heterocycles. The molecule has 0 saturated carbocycles. The summed E-state index contributed by atoms with van der Waals surface area (Å²) < 4.78 is 42.0. The Morgan fingerprint density at radius 3 is 2.59 bits per heavy atom. The number of halogens is 4. The third kappa shape index (κ3) is 4.55. The quantitative estimate of drug-likeness (QED) is 0.918. The molecular weight excluding hydrogens is 299 g/mol. The van der Waals surface area contributed by atoms with Gasteiger partial charge in [0.15, 0.2) is 0 Å². The highest BCUT2D eigenvalue weighted by molar-refractivity contribution is 9.10. The first-order chi connectivity index (χ1) is 7.83. The van der Waals surface area contributed by atoms with Crippen molar-refractivity contribution < 1.29 is 17.9 Å². The summed E-state index contributed by atoms with van der Waals surface area (Å²) in [7, 11) is 1.49. The second kappa shape index (κ2) is 5.73. The average molecular weight is 312 g/mol. The molecule has 0 aromatic heterocycles. The molecular formula is C11H13BrF3NO. The average Bonchev–Trinajstić information content (AvgIpc) is 2.25. The predicted octanol–water partition coefficient (Wildman–Crippen LogP) is 3.80. The first-order valence-corrected chi connectivity index (χ1v) is 5.78. The van der Waals surface area contributed by atoms with E-state index in [2.05, 4.69) is 15.9 Å². The van der Waals surface area contributed by atoms with E-state index in [4.69, 9.17) is 10.5 Å². The Labute approximate surface area is 106 Å². The molecule has 0 aliphatic heterocycles. The third-order valence-electron chi connectivity index (χ3n) is 2.34. The number of alkyl halides is 3. The van der Waals surface area contributed by atoms with Crippen molar-refractivity contribution in [2.24, 2.45) is 5.73 Å². The molecule has 0 radical (unpaired) electrons. The van der Waals surface area contributed by atoms with Gasteiger partial charge in [-0.25, -0.2) is 0 Å². The summed E-state index contributed by atoms with van der Waals surface area (Å²) in [5.41, 5.74) is 6.36. The van der Waals surface area contributed by atoms with Gasteiger partial charge < -0.3 is 10.5 Å². The van der Waals surface area contributed by atoms with Gasteiger partial charge in [-0.3, -0.25) is 0 Å². The van der Waals surface area contributed by atoms with E-state index in [0.29, 0.717) is 15.8 Å². The largest absolute Gasteiger partial charge is 0.497 e. The van der Waals surface area contributed by atoms with Crippen molar-refractivity contribution in [2.45, 2.75) is 25.1 Å². The highest BCUT2D eigenvalue weighted by Crippen LogP contribution is 2.31. The first kappa shape index (κ1) is 14.3. The van der Waals surface area contributed by atoms with Gasteiger partial charge in [0.05, 0.1) is 7.11 Å². The Morgan fingerprint density at radius 1 is 1.41 bits per heavy atom. The predicted molar refractivity (Wildman–Crippen MR) is 62.9 cm³/mol. The maximum atomic E-state index is 12.1. The molecule has 2 nitrogen and oxygen atoms in total. The fourth-order valence-electron chi connectivity index (χ4n) is 1.41. The topological polar surface area (TPSA) is 35.2 Å². The van der Waals surface area contributed by atoms with Crippen LogP contribution in [0.25, 0.3) is 0 Å². The van der Waals surface area contributed by atoms with Gasteiger partial charge in [-0.1, -0.05) is 15.9 Å². The second-order valence-electron chi connectivity index (χ2n) is 3.65. The van der Waals surface area contributed by atoms with E-state index < -0.39 is 18.6 Å². The van der Waals surface area contributed by atoms with E-state index in [-0.39, 0.29) is 6.42 Å². The van der Waals surface area contributed by atoms with E-state index in [1.165, 1.54) is 7.11 Å². The minimum atomic E-state index is -4.18. The maximum absolute atomic E-state index is 12.1. The maximum Gasteiger partial charge on any atom is 0.389 e. The number of hydrogen-bond donors (Lipinski definition) is 1. The monoisotopic (exact) mass is 311 g/mol. The molecule has 0 spiro atoms. The van der Waals surface area contributed by atoms with Crippen LogP contribution in [0.15, 0.2) is 22.7 Å². The van der Waals surface area contributed by atoms with Gasteiger partial charge in [0.2, 0.25) is 0 Å². The smallest absolute Gasteiger partial charge is 0.389 e. The number of ether oxygens (including phenoxy) is 1. The summed E-state index contributed by atoms with van der Waals surface area (Å²) in [6.07, 6.45) is -5.21. The zero-order chi connectivity index (χ0) is 13.1. The van der Waals surface area contributed by atoms with Gasteiger partial charge in [0.25, 0.3) is 0 Å². The van der Waals surface area contributed by atoms with Crippen LogP contribution >= 0.6 is 15.9 Å². The lowest BCUT2D eigenvalue weighted by atomic mass is 10.0. The van der Waals surface area contributed by atoms with Gasteiger partial charge in [0, 0.05) is 16.9 Å². The molecule has 0 aliphatic rings. The van der Waals surface area contributed by atoms with Crippen LogP contribution in [0.3, 0.4) is 0 Å². The van der Waals surface area contributed by atoms with Crippen molar-refractivity contribution >= 4 is 15.9 Å². The molecule has 1 aromatic carbocycles. The molecule has 96 valence electrons. The number of methoxy groups -OCH3 is 1. The summed E-state index contributed by atoms with van der Waals surface area (Å²) in [5, 5.41) is 0. The molecule has 6 heteroatoms. The van der Waals surface area contributed by atoms with Crippen LogP contribution in [0.2, 0.25) is 0 Å². The van der Waals surface area contributed by atoms with Crippen molar-refractivity contribution in [1.82, 2.24) is 0 Å². The third-order valence-corrected chi connectivity index (χ3v) is 3.06. The normalized spacial score (nSPS) is 13.5. The molecule has 2 N–H and O–H groups in total. The summed E-state index contributed by atoms with van der Waals surface area (Å²) in [4.78, 5) is 0. The number of hydrogen-bond acceptors (Lipinski definition) is 2. The van der Waals surface area contributed by atoms with Gasteiger partial charge in [-0.2, -0.15) is 13.2 Å². The van der Waals surface area contributed by atoms with Gasteiger partial charge in [0.1, 0.15) is 5.75 Å². The second-order valence-corrected chi connectivity index (χ2v) is 4.50. The zero-order valence-electron chi connectivity index (χ0n) is 9.22. The Bertz CT molecular complexity index is 381. The highest BCUT2D eigenvalue weighted by Gasteiger charge is 2.28. The van der Waals surface area contributed by atoms with E-state index in [9.17, 15) is 13.2 Å². The summed E-state index contributed by atoms with van der Waals surface area (Å²) in [5.74, 6) is 0.575. The van der Waals surface area contributed by atoms with E-state index in [1.807, 2.05) is 0 Å². The van der Waals surface area contributed by atoms with Gasteiger partial charge in [-0.05, 0) is 30.2 Å². The lowest BCUT2D eigenvalue weighted by Crippen LogP contribution is -2.16. The molecule has 1 aromatic rings. The molecule has 0 aliphatic carbocycles. The molecule has 0 fully saturated rings. The number of nitrogens with two attached hydrogens (primary N) is 1. The van der Waals surface area contributed by atoms with Crippen LogP contribution in [0, 0.1) is 0 Å². The van der Waals surface area contributed by atoms with Crippen LogP contribution < -0.4 is 10.5 Å². The van der Waals surface area contributed by atoms with Crippen LogP contribution in [-0.4, -0.2) is 13.3 Å². The Hall–Kier alpha value is -0.750. The summed E-state index contributed by atoms with van der Waals surface area (Å²) in [6, 6.07) is 4.40. The lowest BCUT2D eigenvalue weighted by Gasteiger charge is -2.16. The van der Waals surface area contributed by atoms with Crippen molar-refractivity contribution in [3.05, 3.63) is 28.2 Å². The minimum Gasteiger partial charge on any atom is -0.497 e. The van der Waals surface area contributed by atoms with Crippen molar-refractivity contribution in [3.8, 4) is 5.75 Å². The lowest BCUT2D eigenvalue weighted by molar-refractivity contribution is -0.136. The Morgan fingerprint density at radius 2 is 2.06 bits per heavy atom. The van der Waals surface area contributed by atoms with Crippen molar-refractivity contribution in [2.75, 3.05) is 7.11 Å². The van der Waals surface area contributed by atoms with E-state index in [0.717, 1.165) is 0 Å². The molecule has 1 unspecified atom stereocenters.